The second kappa shape index (κ2) is 8.98. The highest BCUT2D eigenvalue weighted by atomic mass is 16.3. The van der Waals surface area contributed by atoms with Crippen LogP contribution in [0.15, 0.2) is 0 Å². The summed E-state index contributed by atoms with van der Waals surface area (Å²) < 4.78 is 0. The fourth-order valence-corrected chi connectivity index (χ4v) is 2.81. The van der Waals surface area contributed by atoms with Crippen molar-refractivity contribution in [2.45, 2.75) is 33.2 Å². The molecule has 1 aliphatic rings. The molecule has 0 radical (unpaired) electrons. The molecule has 1 fully saturated rings. The van der Waals surface area contributed by atoms with Crippen LogP contribution in [-0.2, 0) is 0 Å². The molecule has 0 spiro atoms. The van der Waals surface area contributed by atoms with Crippen LogP contribution in [0, 0.1) is 5.92 Å². The Balaban J connectivity index is 2.10. The van der Waals surface area contributed by atoms with Gasteiger partial charge in [0.05, 0.1) is 6.61 Å². The van der Waals surface area contributed by atoms with Gasteiger partial charge in [-0.15, -0.1) is 0 Å². The van der Waals surface area contributed by atoms with Crippen LogP contribution in [0.25, 0.3) is 0 Å². The lowest BCUT2D eigenvalue weighted by Gasteiger charge is -2.21. The number of rotatable bonds is 9. The van der Waals surface area contributed by atoms with Gasteiger partial charge in [-0.1, -0.05) is 6.92 Å². The number of hydrogen-bond donors (Lipinski definition) is 3. The lowest BCUT2D eigenvalue weighted by molar-refractivity contribution is 0.300. The van der Waals surface area contributed by atoms with E-state index < -0.39 is 0 Å². The van der Waals surface area contributed by atoms with Crippen molar-refractivity contribution in [1.29, 1.82) is 0 Å². The molecule has 3 N–H and O–H groups in total. The van der Waals surface area contributed by atoms with Crippen LogP contribution >= 0.6 is 0 Å². The quantitative estimate of drug-likeness (QED) is 0.612. The van der Waals surface area contributed by atoms with Crippen LogP contribution in [-0.4, -0.2) is 77.4 Å². The molecule has 1 aliphatic heterocycles. The summed E-state index contributed by atoms with van der Waals surface area (Å²) in [5.41, 5.74) is 0. The molecule has 1 aromatic heterocycles. The number of anilines is 3. The average Bonchev–Trinajstić information content (AvgIpc) is 3.00. The molecule has 0 saturated carbocycles. The molecule has 8 nitrogen and oxygen atoms in total. The Morgan fingerprint density at radius 3 is 2.71 bits per heavy atom. The number of hydrogen-bond acceptors (Lipinski definition) is 8. The van der Waals surface area contributed by atoms with Crippen molar-refractivity contribution in [2.24, 2.45) is 5.92 Å². The summed E-state index contributed by atoms with van der Waals surface area (Å²) in [7, 11) is 2.16. The van der Waals surface area contributed by atoms with Gasteiger partial charge in [0.1, 0.15) is 0 Å². The van der Waals surface area contributed by atoms with Gasteiger partial charge in [-0.3, -0.25) is 0 Å². The topological polar surface area (TPSA) is 89.4 Å². The lowest BCUT2D eigenvalue weighted by Crippen LogP contribution is -2.29. The monoisotopic (exact) mass is 337 g/mol. The molecule has 24 heavy (non-hydrogen) atoms. The van der Waals surface area contributed by atoms with Crippen molar-refractivity contribution in [3.05, 3.63) is 0 Å². The van der Waals surface area contributed by atoms with Crippen LogP contribution in [0.4, 0.5) is 17.8 Å². The molecular formula is C16H31N7O. The highest BCUT2D eigenvalue weighted by Gasteiger charge is 2.26. The third-order valence-corrected chi connectivity index (χ3v) is 4.11. The molecule has 1 aromatic rings. The van der Waals surface area contributed by atoms with Gasteiger partial charge in [-0.2, -0.15) is 15.0 Å². The second-order valence-corrected chi connectivity index (χ2v) is 6.69. The zero-order chi connectivity index (χ0) is 17.5. The van der Waals surface area contributed by atoms with Crippen molar-refractivity contribution in [1.82, 2.24) is 19.9 Å². The molecule has 2 heterocycles. The molecule has 1 saturated heterocycles. The van der Waals surface area contributed by atoms with E-state index in [4.69, 9.17) is 5.11 Å². The zero-order valence-corrected chi connectivity index (χ0v) is 15.3. The molecule has 8 heteroatoms. The van der Waals surface area contributed by atoms with Gasteiger partial charge >= 0.3 is 0 Å². The first-order chi connectivity index (χ1) is 11.5. The molecule has 2 rings (SSSR count). The van der Waals surface area contributed by atoms with Gasteiger partial charge in [0, 0.05) is 32.2 Å². The highest BCUT2D eigenvalue weighted by molar-refractivity contribution is 5.44. The molecular weight excluding hydrogens is 306 g/mol. The fraction of sp³-hybridized carbons (Fsp3) is 0.812. The Kier molecular flexibility index (Phi) is 6.99. The van der Waals surface area contributed by atoms with E-state index in [1.54, 1.807) is 0 Å². The average molecular weight is 337 g/mol. The van der Waals surface area contributed by atoms with Gasteiger partial charge in [0.25, 0.3) is 0 Å². The Hall–Kier alpha value is -1.67. The van der Waals surface area contributed by atoms with E-state index in [2.05, 4.69) is 63.2 Å². The Bertz CT molecular complexity index is 511. The van der Waals surface area contributed by atoms with Crippen LogP contribution in [0.1, 0.15) is 27.2 Å². The summed E-state index contributed by atoms with van der Waals surface area (Å²) in [6, 6.07) is 0.246. The van der Waals surface area contributed by atoms with Crippen molar-refractivity contribution in [2.75, 3.05) is 61.9 Å². The lowest BCUT2D eigenvalue weighted by atomic mass is 10.1. The smallest absolute Gasteiger partial charge is 0.231 e. The summed E-state index contributed by atoms with van der Waals surface area (Å²) in [4.78, 5) is 18.0. The number of aliphatic hydroxyl groups is 1. The Morgan fingerprint density at radius 1 is 1.29 bits per heavy atom. The summed E-state index contributed by atoms with van der Waals surface area (Å²) in [5.74, 6) is 2.42. The van der Waals surface area contributed by atoms with Gasteiger partial charge in [0.2, 0.25) is 17.8 Å². The van der Waals surface area contributed by atoms with Gasteiger partial charge in [-0.05, 0) is 39.8 Å². The molecule has 0 aliphatic carbocycles. The molecule has 136 valence electrons. The van der Waals surface area contributed by atoms with E-state index in [-0.39, 0.29) is 12.6 Å². The van der Waals surface area contributed by atoms with E-state index in [9.17, 15) is 0 Å². The van der Waals surface area contributed by atoms with E-state index in [0.29, 0.717) is 30.3 Å². The van der Waals surface area contributed by atoms with Crippen molar-refractivity contribution >= 4 is 17.8 Å². The molecule has 1 atom stereocenters. The van der Waals surface area contributed by atoms with Crippen LogP contribution < -0.4 is 15.5 Å². The molecule has 0 bridgehead atoms. The summed E-state index contributed by atoms with van der Waals surface area (Å²) in [6.07, 6.45) is 1.16. The molecule has 0 unspecified atom stereocenters. The Labute approximate surface area is 144 Å². The van der Waals surface area contributed by atoms with E-state index >= 15 is 0 Å². The predicted molar refractivity (Wildman–Crippen MR) is 97.7 cm³/mol. The predicted octanol–water partition coefficient (Wildman–Crippen LogP) is 0.874. The van der Waals surface area contributed by atoms with Crippen molar-refractivity contribution in [3.63, 3.8) is 0 Å². The minimum atomic E-state index is 0.0447. The second-order valence-electron chi connectivity index (χ2n) is 6.69. The Morgan fingerprint density at radius 2 is 2.04 bits per heavy atom. The number of nitrogens with zero attached hydrogens (tertiary/aromatic N) is 5. The van der Waals surface area contributed by atoms with E-state index in [1.165, 1.54) is 0 Å². The van der Waals surface area contributed by atoms with Crippen molar-refractivity contribution in [3.8, 4) is 0 Å². The van der Waals surface area contributed by atoms with E-state index in [1.807, 2.05) is 0 Å². The first-order valence-electron chi connectivity index (χ1n) is 8.82. The SMILES string of the molecule is CCN(C)C[C@@H]1CCN(c2nc(NCCO)nc(NC(C)C)n2)C1. The van der Waals surface area contributed by atoms with Gasteiger partial charge in [-0.25, -0.2) is 0 Å². The molecule has 0 aromatic carbocycles. The minimum Gasteiger partial charge on any atom is -0.395 e. The third-order valence-electron chi connectivity index (χ3n) is 4.11. The number of nitrogens with one attached hydrogen (secondary N) is 2. The number of aliphatic hydroxyl groups excluding tert-OH is 1. The van der Waals surface area contributed by atoms with Crippen LogP contribution in [0.5, 0.6) is 0 Å². The standard InChI is InChI=1S/C16H31N7O/c1-5-22(4)10-13-6-8-23(11-13)16-20-14(17-7-9-24)19-15(21-16)18-12(2)3/h12-13,24H,5-11H2,1-4H3,(H2,17,18,19,20,21)/t13-/m0/s1. The fourth-order valence-electron chi connectivity index (χ4n) is 2.81. The highest BCUT2D eigenvalue weighted by Crippen LogP contribution is 2.23. The third kappa shape index (κ3) is 5.45. The van der Waals surface area contributed by atoms with Gasteiger partial charge < -0.3 is 25.5 Å². The maximum atomic E-state index is 9.00. The first-order valence-corrected chi connectivity index (χ1v) is 8.82. The van der Waals surface area contributed by atoms with Crippen LogP contribution in [0.3, 0.4) is 0 Å². The maximum Gasteiger partial charge on any atom is 0.231 e. The summed E-state index contributed by atoms with van der Waals surface area (Å²) in [5, 5.41) is 15.3. The van der Waals surface area contributed by atoms with E-state index in [0.717, 1.165) is 32.6 Å². The molecule has 0 amide bonds. The van der Waals surface area contributed by atoms with Crippen LogP contribution in [0.2, 0.25) is 0 Å². The number of aromatic nitrogens is 3. The van der Waals surface area contributed by atoms with Gasteiger partial charge in [0.15, 0.2) is 0 Å². The first kappa shape index (κ1) is 18.7. The maximum absolute atomic E-state index is 9.00. The summed E-state index contributed by atoms with van der Waals surface area (Å²) >= 11 is 0. The minimum absolute atomic E-state index is 0.0447. The summed E-state index contributed by atoms with van der Waals surface area (Å²) in [6.45, 7) is 10.9. The largest absolute Gasteiger partial charge is 0.395 e. The normalized spacial score (nSPS) is 17.8. The van der Waals surface area contributed by atoms with Crippen molar-refractivity contribution < 1.29 is 5.11 Å². The zero-order valence-electron chi connectivity index (χ0n) is 15.3.